The summed E-state index contributed by atoms with van der Waals surface area (Å²) >= 11 is 0. The number of benzene rings is 1. The van der Waals surface area contributed by atoms with Gasteiger partial charge in [0, 0.05) is 63.3 Å². The highest BCUT2D eigenvalue weighted by Gasteiger charge is 2.20. The number of likely N-dealkylation sites (N-methyl/N-ethyl adjacent to an activating group) is 1. The Morgan fingerprint density at radius 1 is 1.13 bits per heavy atom. The fraction of sp³-hybridized carbons (Fsp3) is 0.370. The highest BCUT2D eigenvalue weighted by molar-refractivity contribution is 6.03. The Morgan fingerprint density at radius 2 is 1.92 bits per heavy atom. The minimum absolute atomic E-state index is 0.0267. The molecule has 2 aromatic heterocycles. The molecule has 4 heterocycles. The number of nitrogens with zero attached hydrogens (tertiary/aromatic N) is 5. The lowest BCUT2D eigenvalue weighted by atomic mass is 10.1. The largest absolute Gasteiger partial charge is 0.464 e. The molecular formula is C27H32N8O3. The summed E-state index contributed by atoms with van der Waals surface area (Å²) in [5.41, 5.74) is 3.81. The molecule has 2 aliphatic rings. The number of esters is 1. The van der Waals surface area contributed by atoms with E-state index in [1.807, 2.05) is 24.3 Å². The van der Waals surface area contributed by atoms with Gasteiger partial charge in [-0.2, -0.15) is 0 Å². The van der Waals surface area contributed by atoms with E-state index in [9.17, 15) is 9.59 Å². The topological polar surface area (TPSA) is 128 Å². The lowest BCUT2D eigenvalue weighted by Gasteiger charge is -2.32. The number of nitrogens with one attached hydrogen (secondary N) is 3. The molecule has 0 bridgehead atoms. The number of piperazine rings is 1. The molecule has 3 N–H and O–H groups in total. The van der Waals surface area contributed by atoms with Gasteiger partial charge in [-0.3, -0.25) is 15.0 Å². The summed E-state index contributed by atoms with van der Waals surface area (Å²) < 4.78 is 4.76. The van der Waals surface area contributed by atoms with Crippen molar-refractivity contribution in [2.24, 2.45) is 4.99 Å². The fourth-order valence-corrected chi connectivity index (χ4v) is 4.55. The Labute approximate surface area is 221 Å². The molecule has 0 spiro atoms. The lowest BCUT2D eigenvalue weighted by Crippen LogP contribution is -2.43. The second-order valence-electron chi connectivity index (χ2n) is 9.62. The van der Waals surface area contributed by atoms with Crippen molar-refractivity contribution in [3.05, 3.63) is 70.7 Å². The SMILES string of the molecule is COC(=O)c1cc2c([nH]1)N=CC(NCc1ccnc(NC(=O)c3ccc(CN4CCN(C)CC4)cc3)n1)C2. The van der Waals surface area contributed by atoms with E-state index in [-0.39, 0.29) is 17.9 Å². The molecule has 5 rings (SSSR count). The second kappa shape index (κ2) is 11.6. The molecule has 38 heavy (non-hydrogen) atoms. The van der Waals surface area contributed by atoms with Gasteiger partial charge in [0.15, 0.2) is 0 Å². The molecule has 0 aliphatic carbocycles. The van der Waals surface area contributed by atoms with Crippen LogP contribution in [-0.2, 0) is 24.2 Å². The number of methoxy groups -OCH3 is 1. The van der Waals surface area contributed by atoms with Gasteiger partial charge in [0.1, 0.15) is 11.5 Å². The number of fused-ring (bicyclic) bond motifs is 1. The van der Waals surface area contributed by atoms with Crippen molar-refractivity contribution in [1.29, 1.82) is 0 Å². The molecule has 11 heteroatoms. The van der Waals surface area contributed by atoms with Crippen LogP contribution in [0.2, 0.25) is 0 Å². The number of H-pyrrole nitrogens is 1. The van der Waals surface area contributed by atoms with Crippen molar-refractivity contribution < 1.29 is 14.3 Å². The van der Waals surface area contributed by atoms with Crippen molar-refractivity contribution in [2.75, 3.05) is 45.7 Å². The van der Waals surface area contributed by atoms with Gasteiger partial charge >= 0.3 is 5.97 Å². The lowest BCUT2D eigenvalue weighted by molar-refractivity contribution is 0.0594. The van der Waals surface area contributed by atoms with E-state index in [1.54, 1.807) is 24.5 Å². The maximum Gasteiger partial charge on any atom is 0.354 e. The van der Waals surface area contributed by atoms with E-state index in [4.69, 9.17) is 4.74 Å². The predicted molar refractivity (Wildman–Crippen MR) is 144 cm³/mol. The van der Waals surface area contributed by atoms with Crippen LogP contribution in [0.1, 0.15) is 37.7 Å². The van der Waals surface area contributed by atoms with Crippen LogP contribution >= 0.6 is 0 Å². The van der Waals surface area contributed by atoms with E-state index < -0.39 is 5.97 Å². The third kappa shape index (κ3) is 6.31. The van der Waals surface area contributed by atoms with Crippen molar-refractivity contribution >= 4 is 29.9 Å². The molecule has 3 aromatic rings. The number of carbonyl (C=O) groups excluding carboxylic acids is 2. The van der Waals surface area contributed by atoms with E-state index in [1.165, 1.54) is 12.7 Å². The molecule has 0 radical (unpaired) electrons. The van der Waals surface area contributed by atoms with Gasteiger partial charge in [0.05, 0.1) is 12.8 Å². The smallest absolute Gasteiger partial charge is 0.354 e. The normalized spacial score (nSPS) is 17.7. The number of ether oxygens (including phenoxy) is 1. The zero-order valence-corrected chi connectivity index (χ0v) is 21.6. The van der Waals surface area contributed by atoms with Gasteiger partial charge in [-0.1, -0.05) is 12.1 Å². The number of hydrogen-bond donors (Lipinski definition) is 3. The number of anilines is 1. The number of rotatable bonds is 8. The second-order valence-corrected chi connectivity index (χ2v) is 9.62. The molecule has 1 saturated heterocycles. The summed E-state index contributed by atoms with van der Waals surface area (Å²) in [5.74, 6) is 0.255. The van der Waals surface area contributed by atoms with E-state index in [0.29, 0.717) is 30.0 Å². The molecule has 11 nitrogen and oxygen atoms in total. The highest BCUT2D eigenvalue weighted by Crippen LogP contribution is 2.24. The van der Waals surface area contributed by atoms with Gasteiger partial charge < -0.3 is 19.9 Å². The average Bonchev–Trinajstić information content (AvgIpc) is 3.37. The third-order valence-electron chi connectivity index (χ3n) is 6.81. The van der Waals surface area contributed by atoms with Crippen molar-refractivity contribution in [3.8, 4) is 0 Å². The number of aromatic amines is 1. The summed E-state index contributed by atoms with van der Waals surface area (Å²) in [6.07, 6.45) is 4.10. The number of hydrogen-bond acceptors (Lipinski definition) is 9. The first kappa shape index (κ1) is 25.7. The highest BCUT2D eigenvalue weighted by atomic mass is 16.5. The number of amides is 1. The van der Waals surface area contributed by atoms with Crippen LogP contribution in [-0.4, -0.2) is 89.2 Å². The standard InChI is InChI=1S/C27H32N8O3/c1-34-9-11-35(12-10-34)17-18-3-5-19(6-4-18)25(36)33-27-28-8-7-21(31-27)15-29-22-13-20-14-23(26(37)38-2)32-24(20)30-16-22/h3-8,14,16,22,29,32H,9-13,15,17H2,1-2H3,(H,28,31,33,36). The molecule has 1 atom stereocenters. The Bertz CT molecular complexity index is 1310. The van der Waals surface area contributed by atoms with Crippen molar-refractivity contribution in [2.45, 2.75) is 25.6 Å². The number of carbonyl (C=O) groups is 2. The summed E-state index contributed by atoms with van der Waals surface area (Å²) in [6.45, 7) is 5.62. The summed E-state index contributed by atoms with van der Waals surface area (Å²) in [5, 5.41) is 6.19. The Hall–Kier alpha value is -3.93. The molecule has 1 unspecified atom stereocenters. The molecular weight excluding hydrogens is 484 g/mol. The van der Waals surface area contributed by atoms with Gasteiger partial charge in [0.25, 0.3) is 5.91 Å². The third-order valence-corrected chi connectivity index (χ3v) is 6.81. The quantitative estimate of drug-likeness (QED) is 0.388. The molecule has 0 saturated carbocycles. The Balaban J connectivity index is 1.12. The summed E-state index contributed by atoms with van der Waals surface area (Å²) in [6, 6.07) is 11.2. The first-order valence-corrected chi connectivity index (χ1v) is 12.7. The van der Waals surface area contributed by atoms with Gasteiger partial charge in [-0.25, -0.2) is 19.8 Å². The van der Waals surface area contributed by atoms with Crippen LogP contribution in [0.4, 0.5) is 11.8 Å². The molecule has 1 fully saturated rings. The zero-order valence-electron chi connectivity index (χ0n) is 21.6. The predicted octanol–water partition coefficient (Wildman–Crippen LogP) is 2.01. The minimum atomic E-state index is -0.420. The Morgan fingerprint density at radius 3 is 2.68 bits per heavy atom. The first-order valence-electron chi connectivity index (χ1n) is 12.7. The van der Waals surface area contributed by atoms with Gasteiger partial charge in [0.2, 0.25) is 5.95 Å². The van der Waals surface area contributed by atoms with Crippen LogP contribution < -0.4 is 10.6 Å². The minimum Gasteiger partial charge on any atom is -0.464 e. The summed E-state index contributed by atoms with van der Waals surface area (Å²) in [7, 11) is 3.49. The van der Waals surface area contributed by atoms with Crippen molar-refractivity contribution in [1.82, 2.24) is 30.1 Å². The molecule has 198 valence electrons. The maximum atomic E-state index is 12.8. The average molecular weight is 517 g/mol. The zero-order chi connectivity index (χ0) is 26.5. The molecule has 2 aliphatic heterocycles. The maximum absolute atomic E-state index is 12.8. The van der Waals surface area contributed by atoms with Crippen molar-refractivity contribution in [3.63, 3.8) is 0 Å². The van der Waals surface area contributed by atoms with Crippen LogP contribution in [0.25, 0.3) is 0 Å². The first-order chi connectivity index (χ1) is 18.5. The van der Waals surface area contributed by atoms with Crippen LogP contribution in [0.15, 0.2) is 47.6 Å². The fourth-order valence-electron chi connectivity index (χ4n) is 4.55. The number of aromatic nitrogens is 3. The number of aliphatic imine (C=N–C) groups is 1. The van der Waals surface area contributed by atoms with E-state index >= 15 is 0 Å². The van der Waals surface area contributed by atoms with Crippen LogP contribution in [0, 0.1) is 0 Å². The molecule has 1 aromatic carbocycles. The van der Waals surface area contributed by atoms with E-state index in [2.05, 4.69) is 47.4 Å². The van der Waals surface area contributed by atoms with Gasteiger partial charge in [-0.05, 0) is 48.9 Å². The van der Waals surface area contributed by atoms with Crippen LogP contribution in [0.3, 0.4) is 0 Å². The van der Waals surface area contributed by atoms with Crippen LogP contribution in [0.5, 0.6) is 0 Å². The van der Waals surface area contributed by atoms with Gasteiger partial charge in [-0.15, -0.1) is 0 Å². The van der Waals surface area contributed by atoms with E-state index in [0.717, 1.165) is 44.0 Å². The molecule has 1 amide bonds. The monoisotopic (exact) mass is 516 g/mol. The Kier molecular flexibility index (Phi) is 7.87. The summed E-state index contributed by atoms with van der Waals surface area (Å²) in [4.78, 5) is 45.4.